The third-order valence-electron chi connectivity index (χ3n) is 8.19. The number of ketones is 1. The minimum atomic E-state index is -0.0266. The van der Waals surface area contributed by atoms with E-state index in [4.69, 9.17) is 9.47 Å². The van der Waals surface area contributed by atoms with Crippen molar-refractivity contribution in [1.82, 2.24) is 4.90 Å². The molecule has 152 valence electrons. The average molecular weight is 384 g/mol. The molecule has 1 aromatic rings. The number of Topliss-reactive ketones (excluding diaryl/α,β-unsaturated/α-hetero) is 1. The molecular weight excluding hydrogens is 350 g/mol. The first-order valence-electron chi connectivity index (χ1n) is 11.2. The molecule has 4 heteroatoms. The van der Waals surface area contributed by atoms with Gasteiger partial charge in [0.05, 0.1) is 13.2 Å². The molecule has 0 spiro atoms. The highest BCUT2D eigenvalue weighted by atomic mass is 16.5. The number of hydrogen-bond acceptors (Lipinski definition) is 4. The monoisotopic (exact) mass is 383 g/mol. The number of carbonyl (C=O) groups is 1. The number of hydrogen-bond donors (Lipinski definition) is 0. The fourth-order valence-corrected chi connectivity index (χ4v) is 6.54. The normalized spacial score (nSPS) is 35.2. The third kappa shape index (κ3) is 3.19. The molecule has 4 aliphatic rings. The van der Waals surface area contributed by atoms with Gasteiger partial charge in [0.15, 0.2) is 0 Å². The Hall–Kier alpha value is -1.39. The maximum Gasteiger partial charge on any atom is 0.139 e. The maximum absolute atomic E-state index is 12.5. The Labute approximate surface area is 168 Å². The number of fused-ring (bicyclic) bond motifs is 5. The predicted octanol–water partition coefficient (Wildman–Crippen LogP) is 3.82. The summed E-state index contributed by atoms with van der Waals surface area (Å²) in [4.78, 5) is 14.9. The lowest BCUT2D eigenvalue weighted by molar-refractivity contribution is -0.129. The number of aryl methyl sites for hydroxylation is 1. The molecule has 3 fully saturated rings. The van der Waals surface area contributed by atoms with Gasteiger partial charge in [-0.25, -0.2) is 0 Å². The summed E-state index contributed by atoms with van der Waals surface area (Å²) >= 11 is 0. The molecule has 0 aromatic heterocycles. The van der Waals surface area contributed by atoms with Gasteiger partial charge >= 0.3 is 0 Å². The van der Waals surface area contributed by atoms with E-state index in [1.807, 2.05) is 0 Å². The molecule has 0 bridgehead atoms. The van der Waals surface area contributed by atoms with Crippen molar-refractivity contribution in [3.8, 4) is 5.75 Å². The zero-order chi connectivity index (χ0) is 19.1. The summed E-state index contributed by atoms with van der Waals surface area (Å²) in [6.07, 6.45) is 6.56. The highest BCUT2D eigenvalue weighted by Crippen LogP contribution is 2.59. The van der Waals surface area contributed by atoms with E-state index in [9.17, 15) is 4.79 Å². The quantitative estimate of drug-likeness (QED) is 0.792. The van der Waals surface area contributed by atoms with E-state index >= 15 is 0 Å². The Kier molecular flexibility index (Phi) is 4.96. The lowest BCUT2D eigenvalue weighted by Crippen LogP contribution is -2.42. The first-order valence-corrected chi connectivity index (χ1v) is 11.2. The molecule has 4 atom stereocenters. The van der Waals surface area contributed by atoms with Crippen LogP contribution >= 0.6 is 0 Å². The number of nitrogens with zero attached hydrogens (tertiary/aromatic N) is 1. The van der Waals surface area contributed by atoms with Crippen molar-refractivity contribution in [3.05, 3.63) is 29.3 Å². The van der Waals surface area contributed by atoms with Gasteiger partial charge < -0.3 is 9.47 Å². The average Bonchev–Trinajstić information content (AvgIpc) is 3.03. The minimum absolute atomic E-state index is 0.0266. The number of ether oxygens (including phenoxy) is 2. The second-order valence-electron chi connectivity index (χ2n) is 9.50. The highest BCUT2D eigenvalue weighted by Gasteiger charge is 2.54. The largest absolute Gasteiger partial charge is 0.492 e. The lowest BCUT2D eigenvalue weighted by atomic mass is 9.55. The molecule has 28 heavy (non-hydrogen) atoms. The molecule has 0 amide bonds. The summed E-state index contributed by atoms with van der Waals surface area (Å²) in [6, 6.07) is 6.79. The van der Waals surface area contributed by atoms with E-state index in [0.717, 1.165) is 70.9 Å². The second-order valence-corrected chi connectivity index (χ2v) is 9.50. The molecule has 4 nitrogen and oxygen atoms in total. The van der Waals surface area contributed by atoms with E-state index in [1.165, 1.54) is 24.0 Å². The predicted molar refractivity (Wildman–Crippen MR) is 109 cm³/mol. The molecule has 1 aromatic carbocycles. The van der Waals surface area contributed by atoms with Crippen molar-refractivity contribution in [2.75, 3.05) is 39.5 Å². The van der Waals surface area contributed by atoms with Crippen LogP contribution in [0, 0.1) is 17.3 Å². The molecule has 3 aliphatic carbocycles. The van der Waals surface area contributed by atoms with E-state index in [-0.39, 0.29) is 5.41 Å². The molecule has 5 rings (SSSR count). The van der Waals surface area contributed by atoms with Gasteiger partial charge in [0.25, 0.3) is 0 Å². The van der Waals surface area contributed by atoms with Crippen LogP contribution in [-0.4, -0.2) is 50.1 Å². The number of benzene rings is 1. The van der Waals surface area contributed by atoms with Gasteiger partial charge in [-0.2, -0.15) is 0 Å². The van der Waals surface area contributed by atoms with Crippen molar-refractivity contribution >= 4 is 5.78 Å². The summed E-state index contributed by atoms with van der Waals surface area (Å²) < 4.78 is 11.5. The Bertz CT molecular complexity index is 741. The van der Waals surface area contributed by atoms with Gasteiger partial charge in [0.1, 0.15) is 18.1 Å². The number of rotatable bonds is 4. The van der Waals surface area contributed by atoms with Crippen LogP contribution in [0.5, 0.6) is 5.75 Å². The fourth-order valence-electron chi connectivity index (χ4n) is 6.54. The summed E-state index contributed by atoms with van der Waals surface area (Å²) in [5.74, 6) is 3.50. The van der Waals surface area contributed by atoms with Crippen molar-refractivity contribution in [1.29, 1.82) is 0 Å². The molecule has 0 N–H and O–H groups in total. The first-order chi connectivity index (χ1) is 13.6. The van der Waals surface area contributed by atoms with Gasteiger partial charge in [0.2, 0.25) is 0 Å². The number of carbonyl (C=O) groups excluding carboxylic acids is 1. The van der Waals surface area contributed by atoms with Crippen LogP contribution in [0.1, 0.15) is 56.1 Å². The van der Waals surface area contributed by atoms with Crippen molar-refractivity contribution in [3.63, 3.8) is 0 Å². The molecule has 0 radical (unpaired) electrons. The van der Waals surface area contributed by atoms with Gasteiger partial charge in [-0.1, -0.05) is 13.0 Å². The maximum atomic E-state index is 12.5. The number of morpholine rings is 1. The molecule has 2 saturated carbocycles. The Balaban J connectivity index is 1.25. The standard InChI is InChI=1S/C24H33NO3/c1-24-9-8-20-19-5-3-18(28-15-12-25-10-13-27-14-11-25)16-17(19)2-4-21(20)22(24)6-7-23(24)26/h3,5,16,20-22H,2,4,6-15H2,1H3/t20?,21?,22?,24-/m0/s1. The summed E-state index contributed by atoms with van der Waals surface area (Å²) in [5, 5.41) is 0. The summed E-state index contributed by atoms with van der Waals surface area (Å²) in [5.41, 5.74) is 3.00. The van der Waals surface area contributed by atoms with Crippen molar-refractivity contribution in [2.24, 2.45) is 17.3 Å². The molecule has 1 heterocycles. The Morgan fingerprint density at radius 2 is 2.04 bits per heavy atom. The van der Waals surface area contributed by atoms with Crippen LogP contribution in [0.25, 0.3) is 0 Å². The lowest BCUT2D eigenvalue weighted by Gasteiger charge is -2.48. The van der Waals surface area contributed by atoms with Crippen LogP contribution in [-0.2, 0) is 16.0 Å². The van der Waals surface area contributed by atoms with Crippen LogP contribution in [0.3, 0.4) is 0 Å². The summed E-state index contributed by atoms with van der Waals surface area (Å²) in [7, 11) is 0. The second kappa shape index (κ2) is 7.46. The third-order valence-corrected chi connectivity index (χ3v) is 8.19. The highest BCUT2D eigenvalue weighted by molar-refractivity contribution is 5.87. The van der Waals surface area contributed by atoms with E-state index in [1.54, 1.807) is 0 Å². The first kappa shape index (κ1) is 18.6. The molecular formula is C24H33NO3. The van der Waals surface area contributed by atoms with Crippen LogP contribution < -0.4 is 4.74 Å². The van der Waals surface area contributed by atoms with Gasteiger partial charge in [-0.05, 0) is 73.1 Å². The smallest absolute Gasteiger partial charge is 0.139 e. The molecule has 1 saturated heterocycles. The van der Waals surface area contributed by atoms with Crippen LogP contribution in [0.4, 0.5) is 0 Å². The van der Waals surface area contributed by atoms with Gasteiger partial charge in [-0.15, -0.1) is 0 Å². The van der Waals surface area contributed by atoms with E-state index < -0.39 is 0 Å². The van der Waals surface area contributed by atoms with Crippen LogP contribution in [0.2, 0.25) is 0 Å². The van der Waals surface area contributed by atoms with Crippen LogP contribution in [0.15, 0.2) is 18.2 Å². The zero-order valence-electron chi connectivity index (χ0n) is 17.1. The SMILES string of the molecule is C[C@]12CCC3c4ccc(OCCN5CCOCC5)cc4CCC3C1CCC2=O. The Morgan fingerprint density at radius 1 is 1.18 bits per heavy atom. The van der Waals surface area contributed by atoms with Gasteiger partial charge in [0, 0.05) is 31.5 Å². The van der Waals surface area contributed by atoms with E-state index in [2.05, 4.69) is 30.0 Å². The van der Waals surface area contributed by atoms with E-state index in [0.29, 0.717) is 23.5 Å². The topological polar surface area (TPSA) is 38.8 Å². The van der Waals surface area contributed by atoms with Crippen molar-refractivity contribution < 1.29 is 14.3 Å². The molecule has 3 unspecified atom stereocenters. The zero-order valence-corrected chi connectivity index (χ0v) is 17.1. The summed E-state index contributed by atoms with van der Waals surface area (Å²) in [6.45, 7) is 7.68. The molecule has 1 aliphatic heterocycles. The Morgan fingerprint density at radius 3 is 2.89 bits per heavy atom. The van der Waals surface area contributed by atoms with Gasteiger partial charge in [-0.3, -0.25) is 9.69 Å². The van der Waals surface area contributed by atoms with Crippen molar-refractivity contribution in [2.45, 2.75) is 51.4 Å². The minimum Gasteiger partial charge on any atom is -0.492 e. The fraction of sp³-hybridized carbons (Fsp3) is 0.708.